The van der Waals surface area contributed by atoms with E-state index in [9.17, 15) is 0 Å². The van der Waals surface area contributed by atoms with Crippen LogP contribution in [0.25, 0.3) is 0 Å². The van der Waals surface area contributed by atoms with Crippen molar-refractivity contribution >= 4 is 0 Å². The average Bonchev–Trinajstić information content (AvgIpc) is 2.90. The molecule has 2 saturated carbocycles. The highest BCUT2D eigenvalue weighted by Gasteiger charge is 2.41. The van der Waals surface area contributed by atoms with Gasteiger partial charge in [-0.1, -0.05) is 6.42 Å². The highest BCUT2D eigenvalue weighted by molar-refractivity contribution is 5.15. The van der Waals surface area contributed by atoms with E-state index in [0.717, 1.165) is 35.6 Å². The van der Waals surface area contributed by atoms with Crippen molar-refractivity contribution in [1.82, 2.24) is 15.3 Å². The van der Waals surface area contributed by atoms with Crippen LogP contribution in [0.5, 0.6) is 0 Å². The lowest BCUT2D eigenvalue weighted by Gasteiger charge is -2.21. The summed E-state index contributed by atoms with van der Waals surface area (Å²) in [5.74, 6) is 3.58. The first-order valence-electron chi connectivity index (χ1n) is 6.75. The molecule has 3 atom stereocenters. The van der Waals surface area contributed by atoms with Crippen molar-refractivity contribution in [3.63, 3.8) is 0 Å². The van der Waals surface area contributed by atoms with E-state index in [1.807, 2.05) is 7.05 Å². The van der Waals surface area contributed by atoms with Crippen molar-refractivity contribution in [3.05, 3.63) is 23.3 Å². The fourth-order valence-corrected chi connectivity index (χ4v) is 3.66. The standard InChI is InChI=1S/C14H21N3/c1-9-5-12(8-15-2)17-14(16-9)13-7-10-3-4-11(13)6-10/h5,10-11,13,15H,3-4,6-8H2,1-2H3. The van der Waals surface area contributed by atoms with Crippen molar-refractivity contribution in [2.45, 2.75) is 45.1 Å². The van der Waals surface area contributed by atoms with Gasteiger partial charge in [0.25, 0.3) is 0 Å². The summed E-state index contributed by atoms with van der Waals surface area (Å²) < 4.78 is 0. The maximum atomic E-state index is 4.75. The molecular formula is C14H21N3. The second-order valence-corrected chi connectivity index (χ2v) is 5.67. The van der Waals surface area contributed by atoms with Crippen LogP contribution in [0.1, 0.15) is 48.8 Å². The summed E-state index contributed by atoms with van der Waals surface area (Å²) in [5.41, 5.74) is 2.25. The van der Waals surface area contributed by atoms with E-state index in [2.05, 4.69) is 23.3 Å². The molecule has 3 nitrogen and oxygen atoms in total. The normalized spacial score (nSPS) is 31.1. The number of rotatable bonds is 3. The molecule has 1 aromatic heterocycles. The predicted octanol–water partition coefficient (Wildman–Crippen LogP) is 2.41. The average molecular weight is 231 g/mol. The summed E-state index contributed by atoms with van der Waals surface area (Å²) in [6, 6.07) is 2.09. The SMILES string of the molecule is CNCc1cc(C)nc(C2CC3CCC2C3)n1. The molecule has 0 aromatic carbocycles. The van der Waals surface area contributed by atoms with Crippen LogP contribution in [-0.4, -0.2) is 17.0 Å². The Morgan fingerprint density at radius 3 is 2.82 bits per heavy atom. The van der Waals surface area contributed by atoms with Crippen LogP contribution in [-0.2, 0) is 6.54 Å². The van der Waals surface area contributed by atoms with Crippen LogP contribution in [0.3, 0.4) is 0 Å². The molecule has 3 heteroatoms. The summed E-state index contributed by atoms with van der Waals surface area (Å²) >= 11 is 0. The van der Waals surface area contributed by atoms with Gasteiger partial charge in [0, 0.05) is 18.2 Å². The summed E-state index contributed by atoms with van der Waals surface area (Å²) in [6.07, 6.45) is 5.58. The van der Waals surface area contributed by atoms with Gasteiger partial charge < -0.3 is 5.32 Å². The molecule has 1 aromatic rings. The number of hydrogen-bond acceptors (Lipinski definition) is 3. The Balaban J connectivity index is 1.87. The molecule has 2 bridgehead atoms. The van der Waals surface area contributed by atoms with Crippen molar-refractivity contribution in [2.24, 2.45) is 11.8 Å². The largest absolute Gasteiger partial charge is 0.314 e. The molecule has 0 amide bonds. The summed E-state index contributed by atoms with van der Waals surface area (Å²) in [5, 5.41) is 3.17. The molecule has 0 saturated heterocycles. The van der Waals surface area contributed by atoms with E-state index in [1.165, 1.54) is 25.7 Å². The van der Waals surface area contributed by atoms with Gasteiger partial charge in [-0.25, -0.2) is 9.97 Å². The third-order valence-corrected chi connectivity index (χ3v) is 4.35. The number of hydrogen-bond donors (Lipinski definition) is 1. The maximum absolute atomic E-state index is 4.75. The molecule has 2 fully saturated rings. The van der Waals surface area contributed by atoms with E-state index >= 15 is 0 Å². The minimum Gasteiger partial charge on any atom is -0.314 e. The van der Waals surface area contributed by atoms with Gasteiger partial charge in [-0.05, 0) is 51.1 Å². The van der Waals surface area contributed by atoms with Gasteiger partial charge in [-0.3, -0.25) is 0 Å². The molecule has 1 N–H and O–H groups in total. The summed E-state index contributed by atoms with van der Waals surface area (Å²) in [6.45, 7) is 2.93. The predicted molar refractivity (Wildman–Crippen MR) is 67.7 cm³/mol. The number of fused-ring (bicyclic) bond motifs is 2. The third kappa shape index (κ3) is 2.08. The van der Waals surface area contributed by atoms with Gasteiger partial charge in [0.05, 0.1) is 5.69 Å². The zero-order valence-electron chi connectivity index (χ0n) is 10.7. The molecule has 2 aliphatic rings. The van der Waals surface area contributed by atoms with Crippen molar-refractivity contribution < 1.29 is 0 Å². The van der Waals surface area contributed by atoms with E-state index < -0.39 is 0 Å². The van der Waals surface area contributed by atoms with Crippen LogP contribution in [0.15, 0.2) is 6.07 Å². The van der Waals surface area contributed by atoms with Crippen LogP contribution in [0.4, 0.5) is 0 Å². The zero-order valence-corrected chi connectivity index (χ0v) is 10.7. The van der Waals surface area contributed by atoms with Crippen LogP contribution >= 0.6 is 0 Å². The minimum absolute atomic E-state index is 0.643. The Hall–Kier alpha value is -0.960. The first kappa shape index (κ1) is 11.1. The fourth-order valence-electron chi connectivity index (χ4n) is 3.66. The van der Waals surface area contributed by atoms with Crippen LogP contribution < -0.4 is 5.32 Å². The van der Waals surface area contributed by atoms with E-state index in [0.29, 0.717) is 5.92 Å². The molecular weight excluding hydrogens is 210 g/mol. The molecule has 0 aliphatic heterocycles. The van der Waals surface area contributed by atoms with Crippen molar-refractivity contribution in [3.8, 4) is 0 Å². The molecule has 0 radical (unpaired) electrons. The van der Waals surface area contributed by atoms with Crippen molar-refractivity contribution in [2.75, 3.05) is 7.05 Å². The molecule has 92 valence electrons. The maximum Gasteiger partial charge on any atom is 0.132 e. The molecule has 2 aliphatic carbocycles. The van der Waals surface area contributed by atoms with Crippen LogP contribution in [0, 0.1) is 18.8 Å². The smallest absolute Gasteiger partial charge is 0.132 e. The van der Waals surface area contributed by atoms with Crippen molar-refractivity contribution in [1.29, 1.82) is 0 Å². The topological polar surface area (TPSA) is 37.8 Å². The summed E-state index contributed by atoms with van der Waals surface area (Å²) in [4.78, 5) is 9.43. The molecule has 17 heavy (non-hydrogen) atoms. The van der Waals surface area contributed by atoms with Gasteiger partial charge in [0.15, 0.2) is 0 Å². The first-order chi connectivity index (χ1) is 8.26. The Bertz CT molecular complexity index is 416. The van der Waals surface area contributed by atoms with Gasteiger partial charge in [0.2, 0.25) is 0 Å². The number of nitrogens with zero attached hydrogens (tertiary/aromatic N) is 2. The first-order valence-corrected chi connectivity index (χ1v) is 6.75. The molecule has 3 rings (SSSR count). The van der Waals surface area contributed by atoms with Gasteiger partial charge in [-0.2, -0.15) is 0 Å². The Morgan fingerprint density at radius 2 is 2.18 bits per heavy atom. The monoisotopic (exact) mass is 231 g/mol. The lowest BCUT2D eigenvalue weighted by molar-refractivity contribution is 0.403. The quantitative estimate of drug-likeness (QED) is 0.868. The van der Waals surface area contributed by atoms with E-state index in [4.69, 9.17) is 4.98 Å². The molecule has 1 heterocycles. The zero-order chi connectivity index (χ0) is 11.8. The highest BCUT2D eigenvalue weighted by atomic mass is 14.9. The molecule has 3 unspecified atom stereocenters. The third-order valence-electron chi connectivity index (χ3n) is 4.35. The van der Waals surface area contributed by atoms with E-state index in [1.54, 1.807) is 0 Å². The second kappa shape index (κ2) is 4.37. The lowest BCUT2D eigenvalue weighted by Crippen LogP contribution is -2.15. The van der Waals surface area contributed by atoms with Gasteiger partial charge >= 0.3 is 0 Å². The Morgan fingerprint density at radius 1 is 1.29 bits per heavy atom. The number of aromatic nitrogens is 2. The molecule has 0 spiro atoms. The number of nitrogens with one attached hydrogen (secondary N) is 1. The lowest BCUT2D eigenvalue weighted by atomic mass is 9.88. The highest BCUT2D eigenvalue weighted by Crippen LogP contribution is 2.52. The second-order valence-electron chi connectivity index (χ2n) is 5.67. The fraction of sp³-hybridized carbons (Fsp3) is 0.714. The Labute approximate surface area is 103 Å². The van der Waals surface area contributed by atoms with Gasteiger partial charge in [-0.15, -0.1) is 0 Å². The Kier molecular flexibility index (Phi) is 2.87. The minimum atomic E-state index is 0.643. The number of aryl methyl sites for hydroxylation is 1. The summed E-state index contributed by atoms with van der Waals surface area (Å²) in [7, 11) is 1.97. The van der Waals surface area contributed by atoms with Crippen LogP contribution in [0.2, 0.25) is 0 Å². The van der Waals surface area contributed by atoms with Gasteiger partial charge in [0.1, 0.15) is 5.82 Å². The van der Waals surface area contributed by atoms with E-state index in [-0.39, 0.29) is 0 Å².